The first-order valence-electron chi connectivity index (χ1n) is 5.70. The number of hydrogen-bond donors (Lipinski definition) is 2. The fraction of sp³-hybridized carbons (Fsp3) is 0.250. The van der Waals surface area contributed by atoms with Gasteiger partial charge in [-0.2, -0.15) is 0 Å². The standard InChI is InChI=1S/C12H15N5O/c1-13-11-5-3-2-4-10(11)12(18)14-6-8-17-9-7-15-16-17/h2-5,7,9,13H,6,8H2,1H3,(H,14,18). The Balaban J connectivity index is 1.91. The Morgan fingerprint density at radius 3 is 2.94 bits per heavy atom. The molecule has 6 nitrogen and oxygen atoms in total. The van der Waals surface area contributed by atoms with E-state index in [1.165, 1.54) is 0 Å². The minimum atomic E-state index is -0.0972. The summed E-state index contributed by atoms with van der Waals surface area (Å²) < 4.78 is 1.67. The maximum absolute atomic E-state index is 12.0. The van der Waals surface area contributed by atoms with Crippen molar-refractivity contribution in [3.05, 3.63) is 42.2 Å². The summed E-state index contributed by atoms with van der Waals surface area (Å²) in [5.41, 5.74) is 1.45. The van der Waals surface area contributed by atoms with Crippen LogP contribution in [0.1, 0.15) is 10.4 Å². The number of nitrogens with zero attached hydrogens (tertiary/aromatic N) is 3. The molecule has 0 radical (unpaired) electrons. The fourth-order valence-electron chi connectivity index (χ4n) is 1.63. The number of hydrogen-bond acceptors (Lipinski definition) is 4. The van der Waals surface area contributed by atoms with Gasteiger partial charge < -0.3 is 10.6 Å². The van der Waals surface area contributed by atoms with Crippen molar-refractivity contribution in [2.45, 2.75) is 6.54 Å². The lowest BCUT2D eigenvalue weighted by molar-refractivity contribution is 0.0952. The second-order valence-corrected chi connectivity index (χ2v) is 3.72. The van der Waals surface area contributed by atoms with Gasteiger partial charge in [-0.3, -0.25) is 9.48 Å². The van der Waals surface area contributed by atoms with E-state index in [0.717, 1.165) is 5.69 Å². The normalized spacial score (nSPS) is 10.1. The van der Waals surface area contributed by atoms with E-state index < -0.39 is 0 Å². The first kappa shape index (κ1) is 12.1. The highest BCUT2D eigenvalue weighted by atomic mass is 16.1. The van der Waals surface area contributed by atoms with Gasteiger partial charge in [-0.05, 0) is 12.1 Å². The van der Waals surface area contributed by atoms with E-state index in [2.05, 4.69) is 20.9 Å². The molecule has 0 aliphatic carbocycles. The third-order valence-corrected chi connectivity index (χ3v) is 2.54. The summed E-state index contributed by atoms with van der Waals surface area (Å²) in [6.07, 6.45) is 3.37. The van der Waals surface area contributed by atoms with Crippen molar-refractivity contribution in [2.24, 2.45) is 0 Å². The number of carbonyl (C=O) groups excluding carboxylic acids is 1. The van der Waals surface area contributed by atoms with Crippen molar-refractivity contribution >= 4 is 11.6 Å². The van der Waals surface area contributed by atoms with E-state index in [-0.39, 0.29) is 5.91 Å². The lowest BCUT2D eigenvalue weighted by Crippen LogP contribution is -2.28. The van der Waals surface area contributed by atoms with Gasteiger partial charge in [-0.15, -0.1) is 5.10 Å². The van der Waals surface area contributed by atoms with Gasteiger partial charge in [-0.25, -0.2) is 0 Å². The smallest absolute Gasteiger partial charge is 0.253 e. The second-order valence-electron chi connectivity index (χ2n) is 3.72. The van der Waals surface area contributed by atoms with Crippen molar-refractivity contribution in [3.8, 4) is 0 Å². The number of aromatic nitrogens is 3. The van der Waals surface area contributed by atoms with Gasteiger partial charge in [0, 0.05) is 25.5 Å². The SMILES string of the molecule is CNc1ccccc1C(=O)NCCn1ccnn1. The van der Waals surface area contributed by atoms with Crippen LogP contribution >= 0.6 is 0 Å². The Morgan fingerprint density at radius 1 is 1.39 bits per heavy atom. The van der Waals surface area contributed by atoms with E-state index in [4.69, 9.17) is 0 Å². The zero-order valence-electron chi connectivity index (χ0n) is 10.1. The average molecular weight is 245 g/mol. The van der Waals surface area contributed by atoms with Crippen LogP contribution in [0.3, 0.4) is 0 Å². The van der Waals surface area contributed by atoms with Crippen LogP contribution in [0.4, 0.5) is 5.69 Å². The lowest BCUT2D eigenvalue weighted by Gasteiger charge is -2.09. The van der Waals surface area contributed by atoms with Crippen molar-refractivity contribution in [1.82, 2.24) is 20.3 Å². The third kappa shape index (κ3) is 2.85. The maximum atomic E-state index is 12.0. The first-order valence-corrected chi connectivity index (χ1v) is 5.70. The molecule has 0 bridgehead atoms. The monoisotopic (exact) mass is 245 g/mol. The van der Waals surface area contributed by atoms with E-state index >= 15 is 0 Å². The second kappa shape index (κ2) is 5.81. The summed E-state index contributed by atoms with van der Waals surface area (Å²) in [6, 6.07) is 7.38. The number of para-hydroxylation sites is 1. The molecular weight excluding hydrogens is 230 g/mol. The molecule has 0 unspecified atom stereocenters. The van der Waals surface area contributed by atoms with Gasteiger partial charge in [0.05, 0.1) is 18.3 Å². The highest BCUT2D eigenvalue weighted by Gasteiger charge is 2.08. The van der Waals surface area contributed by atoms with Gasteiger partial charge in [0.1, 0.15) is 0 Å². The van der Waals surface area contributed by atoms with E-state index in [0.29, 0.717) is 18.7 Å². The summed E-state index contributed by atoms with van der Waals surface area (Å²) in [7, 11) is 1.79. The molecule has 0 fully saturated rings. The summed E-state index contributed by atoms with van der Waals surface area (Å²) >= 11 is 0. The molecule has 2 aromatic rings. The molecule has 94 valence electrons. The maximum Gasteiger partial charge on any atom is 0.253 e. The van der Waals surface area contributed by atoms with Crippen LogP contribution in [-0.2, 0) is 6.54 Å². The number of amides is 1. The molecule has 1 amide bonds. The molecular formula is C12H15N5O. The lowest BCUT2D eigenvalue weighted by atomic mass is 10.1. The van der Waals surface area contributed by atoms with Crippen LogP contribution in [0.15, 0.2) is 36.7 Å². The van der Waals surface area contributed by atoms with Gasteiger partial charge in [0.25, 0.3) is 5.91 Å². The van der Waals surface area contributed by atoms with E-state index in [1.54, 1.807) is 30.2 Å². The predicted octanol–water partition coefficient (Wildman–Crippen LogP) is 0.750. The molecule has 6 heteroatoms. The molecule has 1 heterocycles. The van der Waals surface area contributed by atoms with Gasteiger partial charge >= 0.3 is 0 Å². The van der Waals surface area contributed by atoms with Crippen LogP contribution in [0, 0.1) is 0 Å². The van der Waals surface area contributed by atoms with Crippen LogP contribution < -0.4 is 10.6 Å². The minimum absolute atomic E-state index is 0.0972. The minimum Gasteiger partial charge on any atom is -0.387 e. The fourth-order valence-corrected chi connectivity index (χ4v) is 1.63. The Labute approximate surface area is 105 Å². The molecule has 0 aliphatic rings. The molecule has 0 saturated heterocycles. The molecule has 1 aromatic heterocycles. The molecule has 18 heavy (non-hydrogen) atoms. The molecule has 0 saturated carbocycles. The summed E-state index contributed by atoms with van der Waals surface area (Å²) in [6.45, 7) is 1.12. The molecule has 0 aliphatic heterocycles. The van der Waals surface area contributed by atoms with Crippen LogP contribution in [0.5, 0.6) is 0 Å². The zero-order valence-corrected chi connectivity index (χ0v) is 10.1. The predicted molar refractivity (Wildman–Crippen MR) is 68.3 cm³/mol. The van der Waals surface area contributed by atoms with E-state index in [9.17, 15) is 4.79 Å². The Morgan fingerprint density at radius 2 is 2.22 bits per heavy atom. The zero-order chi connectivity index (χ0) is 12.8. The quantitative estimate of drug-likeness (QED) is 0.815. The summed E-state index contributed by atoms with van der Waals surface area (Å²) in [4.78, 5) is 12.0. The molecule has 1 aromatic carbocycles. The largest absolute Gasteiger partial charge is 0.387 e. The highest BCUT2D eigenvalue weighted by Crippen LogP contribution is 2.13. The molecule has 0 atom stereocenters. The Bertz CT molecular complexity index is 509. The van der Waals surface area contributed by atoms with Gasteiger partial charge in [0.15, 0.2) is 0 Å². The van der Waals surface area contributed by atoms with Gasteiger partial charge in [0.2, 0.25) is 0 Å². The summed E-state index contributed by atoms with van der Waals surface area (Å²) in [5, 5.41) is 13.4. The number of anilines is 1. The number of rotatable bonds is 5. The van der Waals surface area contributed by atoms with Crippen LogP contribution in [-0.4, -0.2) is 34.5 Å². The van der Waals surface area contributed by atoms with Crippen molar-refractivity contribution < 1.29 is 4.79 Å². The van der Waals surface area contributed by atoms with E-state index in [1.807, 2.05) is 18.2 Å². The molecule has 2 rings (SSSR count). The molecule has 2 N–H and O–H groups in total. The number of benzene rings is 1. The van der Waals surface area contributed by atoms with Crippen molar-refractivity contribution in [1.29, 1.82) is 0 Å². The molecule has 0 spiro atoms. The Kier molecular flexibility index (Phi) is 3.90. The third-order valence-electron chi connectivity index (χ3n) is 2.54. The summed E-state index contributed by atoms with van der Waals surface area (Å²) in [5.74, 6) is -0.0972. The van der Waals surface area contributed by atoms with Crippen molar-refractivity contribution in [3.63, 3.8) is 0 Å². The van der Waals surface area contributed by atoms with Gasteiger partial charge in [-0.1, -0.05) is 17.3 Å². The first-order chi connectivity index (χ1) is 8.81. The highest BCUT2D eigenvalue weighted by molar-refractivity contribution is 5.99. The van der Waals surface area contributed by atoms with Crippen LogP contribution in [0.25, 0.3) is 0 Å². The Hall–Kier alpha value is -2.37. The van der Waals surface area contributed by atoms with Crippen molar-refractivity contribution in [2.75, 3.05) is 18.9 Å². The topological polar surface area (TPSA) is 71.8 Å². The average Bonchev–Trinajstić information content (AvgIpc) is 2.91. The number of carbonyl (C=O) groups is 1. The number of nitrogens with one attached hydrogen (secondary N) is 2. The van der Waals surface area contributed by atoms with Crippen LogP contribution in [0.2, 0.25) is 0 Å².